The number of allylic oxidation sites excluding steroid dienone is 4. The van der Waals surface area contributed by atoms with E-state index >= 15 is 8.78 Å². The summed E-state index contributed by atoms with van der Waals surface area (Å²) in [6.45, 7) is 6.14. The van der Waals surface area contributed by atoms with Gasteiger partial charge in [0.05, 0.1) is 18.6 Å². The van der Waals surface area contributed by atoms with Crippen LogP contribution in [-0.4, -0.2) is 62.7 Å². The number of ether oxygens (including phenoxy) is 1. The summed E-state index contributed by atoms with van der Waals surface area (Å²) in [6.07, 6.45) is -1.60. The third kappa shape index (κ3) is 3.50. The lowest BCUT2D eigenvalue weighted by molar-refractivity contribution is -0.229. The number of fused-ring (bicyclic) bond motifs is 5. The van der Waals surface area contributed by atoms with Crippen molar-refractivity contribution in [3.8, 4) is 0 Å². The molecular weight excluding hydrogens is 497 g/mol. The zero-order valence-electron chi connectivity index (χ0n) is 20.8. The van der Waals surface area contributed by atoms with Crippen molar-refractivity contribution in [2.45, 2.75) is 83.0 Å². The number of alkyl halides is 3. The second-order valence-electron chi connectivity index (χ2n) is 11.3. The number of hydrogen-bond acceptors (Lipinski definition) is 7. The minimum absolute atomic E-state index is 0.0128. The first kappa shape index (κ1) is 27.4. The van der Waals surface area contributed by atoms with Crippen molar-refractivity contribution >= 4 is 28.6 Å². The van der Waals surface area contributed by atoms with Crippen LogP contribution in [0.1, 0.15) is 53.4 Å². The molecule has 2 N–H and O–H groups in total. The third-order valence-corrected chi connectivity index (χ3v) is 10.1. The maximum absolute atomic E-state index is 17.3. The maximum Gasteiger partial charge on any atom is 0.309 e. The Kier molecular flexibility index (Phi) is 6.83. The van der Waals surface area contributed by atoms with E-state index < -0.39 is 87.5 Å². The van der Waals surface area contributed by atoms with Crippen LogP contribution in [0.5, 0.6) is 0 Å². The second kappa shape index (κ2) is 8.98. The Balaban J connectivity index is 1.84. The number of rotatable bonds is 5. The highest BCUT2D eigenvalue weighted by Crippen LogP contribution is 2.72. The largest absolute Gasteiger partial charge is 0.449 e. The van der Waals surface area contributed by atoms with Gasteiger partial charge in [-0.1, -0.05) is 19.9 Å². The van der Waals surface area contributed by atoms with Gasteiger partial charge >= 0.3 is 5.97 Å². The Labute approximate surface area is 212 Å². The van der Waals surface area contributed by atoms with Crippen molar-refractivity contribution < 1.29 is 42.5 Å². The molecular formula is C26H33F3O6S. The molecule has 6 nitrogen and oxygen atoms in total. The molecule has 200 valence electrons. The molecule has 0 radical (unpaired) electrons. The minimum Gasteiger partial charge on any atom is -0.449 e. The highest BCUT2D eigenvalue weighted by molar-refractivity contribution is 8.13. The van der Waals surface area contributed by atoms with Gasteiger partial charge in [-0.15, -0.1) is 0 Å². The highest BCUT2D eigenvalue weighted by Gasteiger charge is 2.78. The summed E-state index contributed by atoms with van der Waals surface area (Å²) in [7, 11) is 0. The molecule has 36 heavy (non-hydrogen) atoms. The number of carbonyl (C=O) groups is 3. The Bertz CT molecular complexity index is 1030. The summed E-state index contributed by atoms with van der Waals surface area (Å²) in [5.41, 5.74) is -7.17. The summed E-state index contributed by atoms with van der Waals surface area (Å²) in [5, 5.41) is 20.4. The van der Waals surface area contributed by atoms with Gasteiger partial charge in [-0.25, -0.2) is 13.2 Å². The molecule has 0 aromatic rings. The predicted octanol–water partition coefficient (Wildman–Crippen LogP) is 3.79. The van der Waals surface area contributed by atoms with Crippen LogP contribution in [0.2, 0.25) is 0 Å². The van der Waals surface area contributed by atoms with E-state index in [9.17, 15) is 29.0 Å². The second-order valence-corrected chi connectivity index (χ2v) is 12.2. The standard InChI is InChI=1S/C26H33F3O6S/c1-13-7-16-17-10-19(28)18-9-15(31)5-6-23(18,3)25(17,29)20(32)11-24(16,4)26(13,22(34)36-12-27)35-21(33)8-14(2)30/h5-6,9,13-14,16-17,19-20,30,32H,7-8,10-12H2,1-4H3. The molecule has 0 amide bonds. The molecule has 10 unspecified atom stereocenters. The van der Waals surface area contributed by atoms with Crippen LogP contribution in [0.4, 0.5) is 13.2 Å². The average molecular weight is 531 g/mol. The van der Waals surface area contributed by atoms with Gasteiger partial charge in [0.15, 0.2) is 17.1 Å². The lowest BCUT2D eigenvalue weighted by Gasteiger charge is -2.63. The van der Waals surface area contributed by atoms with Crippen LogP contribution in [-0.2, 0) is 19.1 Å². The van der Waals surface area contributed by atoms with E-state index in [2.05, 4.69) is 0 Å². The number of halogens is 3. The molecule has 3 saturated carbocycles. The molecule has 4 aliphatic carbocycles. The Morgan fingerprint density at radius 3 is 2.56 bits per heavy atom. The topological polar surface area (TPSA) is 101 Å². The van der Waals surface area contributed by atoms with E-state index in [-0.39, 0.29) is 24.8 Å². The minimum atomic E-state index is -2.35. The first-order chi connectivity index (χ1) is 16.7. The molecule has 10 atom stereocenters. The van der Waals surface area contributed by atoms with E-state index in [1.165, 1.54) is 26.0 Å². The molecule has 4 aliphatic rings. The van der Waals surface area contributed by atoms with Crippen molar-refractivity contribution in [1.82, 2.24) is 0 Å². The van der Waals surface area contributed by atoms with E-state index in [0.717, 1.165) is 6.08 Å². The predicted molar refractivity (Wildman–Crippen MR) is 127 cm³/mol. The zero-order chi connectivity index (χ0) is 26.8. The molecule has 10 heteroatoms. The molecule has 4 rings (SSSR count). The van der Waals surface area contributed by atoms with Crippen molar-refractivity contribution in [3.63, 3.8) is 0 Å². The number of esters is 1. The lowest BCUT2D eigenvalue weighted by Crippen LogP contribution is -2.70. The van der Waals surface area contributed by atoms with Gasteiger partial charge in [-0.05, 0) is 68.5 Å². The van der Waals surface area contributed by atoms with Crippen molar-refractivity contribution in [1.29, 1.82) is 0 Å². The molecule has 0 aromatic heterocycles. The highest BCUT2D eigenvalue weighted by atomic mass is 32.2. The van der Waals surface area contributed by atoms with Gasteiger partial charge in [-0.2, -0.15) is 0 Å². The Morgan fingerprint density at radius 1 is 1.28 bits per heavy atom. The van der Waals surface area contributed by atoms with Gasteiger partial charge in [0.25, 0.3) is 0 Å². The average Bonchev–Trinajstić information content (AvgIpc) is 2.99. The normalized spacial score (nSPS) is 46.3. The number of thioether (sulfide) groups is 1. The lowest BCUT2D eigenvalue weighted by atomic mass is 9.44. The van der Waals surface area contributed by atoms with Gasteiger partial charge in [-0.3, -0.25) is 14.4 Å². The monoisotopic (exact) mass is 530 g/mol. The van der Waals surface area contributed by atoms with Crippen molar-refractivity contribution in [2.75, 3.05) is 6.01 Å². The van der Waals surface area contributed by atoms with E-state index in [0.29, 0.717) is 11.8 Å². The first-order valence-corrected chi connectivity index (χ1v) is 13.3. The number of hydrogen-bond donors (Lipinski definition) is 2. The molecule has 3 fully saturated rings. The third-order valence-electron chi connectivity index (χ3n) is 9.39. The van der Waals surface area contributed by atoms with Gasteiger partial charge < -0.3 is 14.9 Å². The molecule has 0 saturated heterocycles. The van der Waals surface area contributed by atoms with Crippen LogP contribution in [0.25, 0.3) is 0 Å². The fourth-order valence-electron chi connectivity index (χ4n) is 7.84. The van der Waals surface area contributed by atoms with Crippen molar-refractivity contribution in [3.05, 3.63) is 23.8 Å². The SMILES string of the molecule is CC(O)CC(=O)OC1(C(=O)SCF)C(C)CC2C3CC(F)C4=CC(=O)C=CC4(C)C3(F)C(O)CC21C. The first-order valence-electron chi connectivity index (χ1n) is 12.3. The Hall–Kier alpha value is -1.65. The van der Waals surface area contributed by atoms with Crippen molar-refractivity contribution in [2.24, 2.45) is 28.6 Å². The number of carbonyl (C=O) groups excluding carboxylic acids is 3. The molecule has 0 spiro atoms. The van der Waals surface area contributed by atoms with Gasteiger partial charge in [0.2, 0.25) is 5.12 Å². The molecule has 0 heterocycles. The van der Waals surface area contributed by atoms with Gasteiger partial charge in [0, 0.05) is 22.7 Å². The van der Waals surface area contributed by atoms with E-state index in [1.807, 2.05) is 0 Å². The number of aliphatic hydroxyl groups is 2. The fourth-order valence-corrected chi connectivity index (χ4v) is 8.63. The maximum atomic E-state index is 17.3. The van der Waals surface area contributed by atoms with Crippen LogP contribution in [0.15, 0.2) is 23.8 Å². The zero-order valence-corrected chi connectivity index (χ0v) is 21.6. The van der Waals surface area contributed by atoms with Crippen LogP contribution in [0.3, 0.4) is 0 Å². The van der Waals surface area contributed by atoms with Gasteiger partial charge in [0.1, 0.15) is 12.2 Å². The molecule has 0 aromatic carbocycles. The quantitative estimate of drug-likeness (QED) is 0.522. The van der Waals surface area contributed by atoms with Crippen LogP contribution >= 0.6 is 11.8 Å². The van der Waals surface area contributed by atoms with Crippen LogP contribution in [0, 0.1) is 28.6 Å². The smallest absolute Gasteiger partial charge is 0.309 e. The Morgan fingerprint density at radius 2 is 1.94 bits per heavy atom. The summed E-state index contributed by atoms with van der Waals surface area (Å²) in [5.74, 6) is -3.75. The molecule has 0 aliphatic heterocycles. The summed E-state index contributed by atoms with van der Waals surface area (Å²) < 4.78 is 52.1. The van der Waals surface area contributed by atoms with E-state index in [1.54, 1.807) is 13.8 Å². The fraction of sp³-hybridized carbons (Fsp3) is 0.731. The number of aliphatic hydroxyl groups excluding tert-OH is 2. The van der Waals surface area contributed by atoms with E-state index in [4.69, 9.17) is 4.74 Å². The summed E-state index contributed by atoms with van der Waals surface area (Å²) in [6, 6.07) is -1.07. The summed E-state index contributed by atoms with van der Waals surface area (Å²) >= 11 is 0.342. The number of ketones is 1. The summed E-state index contributed by atoms with van der Waals surface area (Å²) in [4.78, 5) is 38.2. The van der Waals surface area contributed by atoms with Crippen LogP contribution < -0.4 is 0 Å². The molecule has 0 bridgehead atoms.